The number of benzene rings is 3. The number of aromatic hydroxyl groups is 1. The van der Waals surface area contributed by atoms with Crippen molar-refractivity contribution < 1.29 is 29.3 Å². The predicted molar refractivity (Wildman–Crippen MR) is 168 cm³/mol. The van der Waals surface area contributed by atoms with Gasteiger partial charge in [-0.2, -0.15) is 0 Å². The van der Waals surface area contributed by atoms with Gasteiger partial charge in [0.05, 0.1) is 5.56 Å². The van der Waals surface area contributed by atoms with E-state index < -0.39 is 5.97 Å². The largest absolute Gasteiger partial charge is 0.507 e. The number of aromatic nitrogens is 3. The van der Waals surface area contributed by atoms with Crippen molar-refractivity contribution in [3.8, 4) is 45.7 Å². The highest BCUT2D eigenvalue weighted by atomic mass is 16.6. The maximum atomic E-state index is 12.0. The normalized spacial score (nSPS) is 10.8. The van der Waals surface area contributed by atoms with Crippen molar-refractivity contribution in [3.63, 3.8) is 0 Å². The topological polar surface area (TPSA) is 132 Å². The first kappa shape index (κ1) is 32.1. The molecule has 9 heteroatoms. The van der Waals surface area contributed by atoms with Crippen molar-refractivity contribution in [1.82, 2.24) is 15.0 Å². The number of nitrogens with zero attached hydrogens (tertiary/aromatic N) is 3. The lowest BCUT2D eigenvalue weighted by molar-refractivity contribution is -0.144. The molecule has 0 aliphatic heterocycles. The van der Waals surface area contributed by atoms with Gasteiger partial charge in [0.2, 0.25) is 0 Å². The summed E-state index contributed by atoms with van der Waals surface area (Å²) in [6.07, 6.45) is 8.35. The van der Waals surface area contributed by atoms with Crippen LogP contribution in [0.3, 0.4) is 0 Å². The molecule has 0 aliphatic carbocycles. The lowest BCUT2D eigenvalue weighted by Gasteiger charge is -2.11. The Bertz CT molecular complexity index is 1420. The third-order valence-electron chi connectivity index (χ3n) is 7.05. The summed E-state index contributed by atoms with van der Waals surface area (Å²) in [6.45, 7) is 0.278. The van der Waals surface area contributed by atoms with Crippen LogP contribution in [0.1, 0.15) is 64.2 Å². The molecular formula is C35H39N3O6. The Labute approximate surface area is 258 Å². The molecule has 0 amide bonds. The molecule has 0 atom stereocenters. The number of hydrogen-bond donors (Lipinski definition) is 2. The van der Waals surface area contributed by atoms with Crippen molar-refractivity contribution in [2.24, 2.45) is 0 Å². The van der Waals surface area contributed by atoms with E-state index in [1.165, 1.54) is 6.07 Å². The SMILES string of the molecule is O=C(O)CCCCCCCCCCC(=O)OCCOc1ccc(-c2nc(-c3ccccc3)nc(-c3ccccc3)n2)c(O)c1. The van der Waals surface area contributed by atoms with Crippen LogP contribution in [0, 0.1) is 0 Å². The fourth-order valence-electron chi connectivity index (χ4n) is 4.71. The molecule has 2 N–H and O–H groups in total. The van der Waals surface area contributed by atoms with Gasteiger partial charge in [-0.3, -0.25) is 9.59 Å². The standard InChI is InChI=1S/C35H39N3O6/c39-30-25-28(43-23-24-44-32(42)20-14-6-4-2-1-3-5-13-19-31(40)41)21-22-29(30)35-37-33(26-15-9-7-10-16-26)36-34(38-35)27-17-11-8-12-18-27/h7-12,15-18,21-22,25,39H,1-6,13-14,19-20,23-24H2,(H,40,41). The van der Waals surface area contributed by atoms with Crippen molar-refractivity contribution in [2.45, 2.75) is 64.2 Å². The monoisotopic (exact) mass is 597 g/mol. The second-order valence-electron chi connectivity index (χ2n) is 10.5. The van der Waals surface area contributed by atoms with Crippen molar-refractivity contribution in [2.75, 3.05) is 13.2 Å². The molecule has 9 nitrogen and oxygen atoms in total. The number of carbonyl (C=O) groups is 2. The third kappa shape index (κ3) is 10.5. The summed E-state index contributed by atoms with van der Waals surface area (Å²) in [5.74, 6) is 0.756. The smallest absolute Gasteiger partial charge is 0.305 e. The number of hydrogen-bond acceptors (Lipinski definition) is 8. The Morgan fingerprint density at radius 2 is 1.14 bits per heavy atom. The van der Waals surface area contributed by atoms with E-state index in [1.54, 1.807) is 12.1 Å². The maximum absolute atomic E-state index is 12.0. The van der Waals surface area contributed by atoms with E-state index in [2.05, 4.69) is 15.0 Å². The summed E-state index contributed by atoms with van der Waals surface area (Å²) in [5, 5.41) is 19.5. The van der Waals surface area contributed by atoms with Crippen molar-refractivity contribution in [3.05, 3.63) is 78.9 Å². The van der Waals surface area contributed by atoms with E-state index in [9.17, 15) is 14.7 Å². The highest BCUT2D eigenvalue weighted by molar-refractivity contribution is 5.71. The molecule has 4 rings (SSSR count). The lowest BCUT2D eigenvalue weighted by atomic mass is 10.1. The van der Waals surface area contributed by atoms with Gasteiger partial charge in [-0.1, -0.05) is 99.2 Å². The fourth-order valence-corrected chi connectivity index (χ4v) is 4.71. The molecule has 0 unspecified atom stereocenters. The number of rotatable bonds is 18. The number of ether oxygens (including phenoxy) is 2. The van der Waals surface area contributed by atoms with Gasteiger partial charge in [0, 0.05) is 30.0 Å². The summed E-state index contributed by atoms with van der Waals surface area (Å²) < 4.78 is 11.0. The average molecular weight is 598 g/mol. The van der Waals surface area contributed by atoms with Crippen LogP contribution < -0.4 is 4.74 Å². The van der Waals surface area contributed by atoms with Crippen LogP contribution in [0.2, 0.25) is 0 Å². The number of aliphatic carboxylic acids is 1. The van der Waals surface area contributed by atoms with E-state index >= 15 is 0 Å². The molecule has 0 radical (unpaired) electrons. The third-order valence-corrected chi connectivity index (χ3v) is 7.05. The van der Waals surface area contributed by atoms with Crippen LogP contribution in [-0.4, -0.2) is 50.3 Å². The summed E-state index contributed by atoms with van der Waals surface area (Å²) in [7, 11) is 0. The zero-order valence-corrected chi connectivity index (χ0v) is 24.9. The number of carboxylic acid groups (broad SMARTS) is 1. The van der Waals surface area contributed by atoms with Gasteiger partial charge >= 0.3 is 11.9 Å². The lowest BCUT2D eigenvalue weighted by Crippen LogP contribution is -2.12. The van der Waals surface area contributed by atoms with E-state index in [1.807, 2.05) is 60.7 Å². The average Bonchev–Trinajstić information content (AvgIpc) is 3.04. The second kappa shape index (κ2) is 17.4. The summed E-state index contributed by atoms with van der Waals surface area (Å²) >= 11 is 0. The van der Waals surface area contributed by atoms with E-state index in [0.29, 0.717) is 35.2 Å². The Kier molecular flexibility index (Phi) is 12.7. The van der Waals surface area contributed by atoms with Gasteiger partial charge < -0.3 is 19.7 Å². The Morgan fingerprint density at radius 1 is 0.614 bits per heavy atom. The first-order chi connectivity index (χ1) is 21.5. The molecule has 0 saturated carbocycles. The molecule has 0 saturated heterocycles. The van der Waals surface area contributed by atoms with Crippen LogP contribution >= 0.6 is 0 Å². The summed E-state index contributed by atoms with van der Waals surface area (Å²) in [4.78, 5) is 36.5. The highest BCUT2D eigenvalue weighted by Gasteiger charge is 2.15. The van der Waals surface area contributed by atoms with Crippen LogP contribution in [0.25, 0.3) is 34.2 Å². The number of esters is 1. The molecule has 1 aromatic heterocycles. The van der Waals surface area contributed by atoms with Gasteiger partial charge in [0.15, 0.2) is 17.5 Å². The zero-order valence-electron chi connectivity index (χ0n) is 24.9. The first-order valence-corrected chi connectivity index (χ1v) is 15.2. The highest BCUT2D eigenvalue weighted by Crippen LogP contribution is 2.32. The van der Waals surface area contributed by atoms with E-state index in [0.717, 1.165) is 62.5 Å². The number of carboxylic acids is 1. The Balaban J connectivity index is 1.23. The van der Waals surface area contributed by atoms with Crippen molar-refractivity contribution >= 4 is 11.9 Å². The van der Waals surface area contributed by atoms with Gasteiger partial charge in [-0.05, 0) is 25.0 Å². The molecule has 3 aromatic carbocycles. The molecule has 44 heavy (non-hydrogen) atoms. The molecule has 0 bridgehead atoms. The van der Waals surface area contributed by atoms with Gasteiger partial charge in [0.25, 0.3) is 0 Å². The number of phenols is 1. The van der Waals surface area contributed by atoms with Crippen LogP contribution in [-0.2, 0) is 14.3 Å². The Hall–Kier alpha value is -4.79. The van der Waals surface area contributed by atoms with Crippen molar-refractivity contribution in [1.29, 1.82) is 0 Å². The first-order valence-electron chi connectivity index (χ1n) is 15.2. The zero-order chi connectivity index (χ0) is 31.0. The van der Waals surface area contributed by atoms with Crippen LogP contribution in [0.5, 0.6) is 11.5 Å². The number of unbranched alkanes of at least 4 members (excludes halogenated alkanes) is 7. The van der Waals surface area contributed by atoms with E-state index in [-0.39, 0.29) is 31.4 Å². The van der Waals surface area contributed by atoms with Gasteiger partial charge in [0.1, 0.15) is 24.7 Å². The fraction of sp³-hybridized carbons (Fsp3) is 0.343. The minimum atomic E-state index is -0.732. The molecule has 230 valence electrons. The summed E-state index contributed by atoms with van der Waals surface area (Å²) in [5.41, 5.74) is 2.12. The maximum Gasteiger partial charge on any atom is 0.305 e. The summed E-state index contributed by atoms with van der Waals surface area (Å²) in [6, 6.07) is 24.1. The quantitative estimate of drug-likeness (QED) is 0.0884. The molecule has 0 aliphatic rings. The Morgan fingerprint density at radius 3 is 1.68 bits per heavy atom. The van der Waals surface area contributed by atoms with E-state index in [4.69, 9.17) is 14.6 Å². The number of carbonyl (C=O) groups excluding carboxylic acids is 1. The minimum absolute atomic E-state index is 0.0380. The molecule has 1 heterocycles. The molecular weight excluding hydrogens is 558 g/mol. The van der Waals surface area contributed by atoms with Crippen LogP contribution in [0.4, 0.5) is 0 Å². The van der Waals surface area contributed by atoms with Gasteiger partial charge in [-0.15, -0.1) is 0 Å². The van der Waals surface area contributed by atoms with Crippen LogP contribution in [0.15, 0.2) is 78.9 Å². The predicted octanol–water partition coefficient (Wildman–Crippen LogP) is 7.49. The minimum Gasteiger partial charge on any atom is -0.507 e. The number of phenolic OH excluding ortho intramolecular Hbond substituents is 1. The molecule has 4 aromatic rings. The second-order valence-corrected chi connectivity index (χ2v) is 10.5. The molecule has 0 fully saturated rings. The molecule has 0 spiro atoms. The van der Waals surface area contributed by atoms with Gasteiger partial charge in [-0.25, -0.2) is 15.0 Å².